The van der Waals surface area contributed by atoms with Gasteiger partial charge in [-0.2, -0.15) is 0 Å². The molecule has 0 unspecified atom stereocenters. The van der Waals surface area contributed by atoms with Crippen molar-refractivity contribution in [2.75, 3.05) is 6.61 Å². The first-order chi connectivity index (χ1) is 19.7. The van der Waals surface area contributed by atoms with Crippen LogP contribution in [0.15, 0.2) is 81.7 Å². The molecule has 1 aliphatic heterocycles. The van der Waals surface area contributed by atoms with Crippen LogP contribution in [0.25, 0.3) is 6.08 Å². The van der Waals surface area contributed by atoms with Crippen molar-refractivity contribution in [3.8, 4) is 5.75 Å². The Morgan fingerprint density at radius 2 is 1.73 bits per heavy atom. The van der Waals surface area contributed by atoms with Crippen molar-refractivity contribution in [2.24, 2.45) is 4.99 Å². The van der Waals surface area contributed by atoms with E-state index in [-0.39, 0.29) is 12.2 Å². The molecule has 0 N–H and O–H groups in total. The lowest BCUT2D eigenvalue weighted by atomic mass is 9.95. The quantitative estimate of drug-likeness (QED) is 0.165. The summed E-state index contributed by atoms with van der Waals surface area (Å²) in [6.45, 7) is 8.36. The Bertz CT molecular complexity index is 1830. The number of fused-ring (bicyclic) bond motifs is 1. The monoisotopic (exact) mass is 790 g/mol. The molecule has 1 aromatic heterocycles. The number of carbonyl (C=O) groups excluding carboxylic acids is 1. The lowest BCUT2D eigenvalue weighted by Gasteiger charge is -2.24. The van der Waals surface area contributed by atoms with Gasteiger partial charge >= 0.3 is 5.97 Å². The number of aryl methyl sites for hydroxylation is 2. The molecule has 0 bridgehead atoms. The van der Waals surface area contributed by atoms with E-state index < -0.39 is 12.0 Å². The number of esters is 1. The van der Waals surface area contributed by atoms with Gasteiger partial charge in [-0.1, -0.05) is 71.0 Å². The highest BCUT2D eigenvalue weighted by Gasteiger charge is 2.33. The summed E-state index contributed by atoms with van der Waals surface area (Å²) in [6, 6.07) is 19.5. The molecule has 0 radical (unpaired) electrons. The maximum Gasteiger partial charge on any atom is 0.338 e. The molecule has 4 aromatic rings. The number of carbonyl (C=O) groups is 1. The number of hydrogen-bond donors (Lipinski definition) is 0. The summed E-state index contributed by atoms with van der Waals surface area (Å²) >= 11 is 5.87. The van der Waals surface area contributed by atoms with Crippen LogP contribution >= 0.6 is 56.5 Å². The van der Waals surface area contributed by atoms with E-state index in [0.717, 1.165) is 35.1 Å². The third-order valence-corrected chi connectivity index (χ3v) is 9.28. The van der Waals surface area contributed by atoms with E-state index in [1.165, 1.54) is 16.9 Å². The molecular formula is C32H28I2N2O4S. The number of allylic oxidation sites excluding steroid dienone is 1. The second-order valence-electron chi connectivity index (χ2n) is 9.80. The van der Waals surface area contributed by atoms with Crippen molar-refractivity contribution in [2.45, 2.75) is 40.3 Å². The molecule has 2 heterocycles. The summed E-state index contributed by atoms with van der Waals surface area (Å²) in [6.07, 6.45) is 1.88. The Hall–Kier alpha value is -2.77. The Labute approximate surface area is 269 Å². The van der Waals surface area contributed by atoms with Crippen LogP contribution in [0.1, 0.15) is 47.7 Å². The lowest BCUT2D eigenvalue weighted by Crippen LogP contribution is -2.39. The van der Waals surface area contributed by atoms with Gasteiger partial charge in [-0.15, -0.1) is 0 Å². The van der Waals surface area contributed by atoms with Crippen molar-refractivity contribution >= 4 is 68.6 Å². The number of ether oxygens (including phenoxy) is 2. The van der Waals surface area contributed by atoms with Crippen LogP contribution in [-0.4, -0.2) is 17.1 Å². The fourth-order valence-electron chi connectivity index (χ4n) is 4.77. The molecule has 0 saturated carbocycles. The van der Waals surface area contributed by atoms with Gasteiger partial charge in [-0.05, 0) is 108 Å². The predicted octanol–water partition coefficient (Wildman–Crippen LogP) is 6.20. The maximum absolute atomic E-state index is 13.9. The Kier molecular flexibility index (Phi) is 9.15. The summed E-state index contributed by atoms with van der Waals surface area (Å²) in [5.41, 5.74) is 5.87. The molecule has 0 saturated heterocycles. The van der Waals surface area contributed by atoms with Crippen molar-refractivity contribution in [3.05, 3.63) is 127 Å². The molecule has 41 heavy (non-hydrogen) atoms. The first-order valence-corrected chi connectivity index (χ1v) is 16.1. The van der Waals surface area contributed by atoms with Crippen molar-refractivity contribution in [3.63, 3.8) is 0 Å². The molecule has 1 atom stereocenters. The molecule has 9 heteroatoms. The average molecular weight is 790 g/mol. The zero-order valence-corrected chi connectivity index (χ0v) is 28.2. The molecule has 5 rings (SSSR count). The second-order valence-corrected chi connectivity index (χ2v) is 13.1. The summed E-state index contributed by atoms with van der Waals surface area (Å²) in [5, 5.41) is 0. The first-order valence-electron chi connectivity index (χ1n) is 13.1. The number of benzene rings is 3. The largest absolute Gasteiger partial charge is 0.487 e. The van der Waals surface area contributed by atoms with Crippen molar-refractivity contribution < 1.29 is 14.3 Å². The van der Waals surface area contributed by atoms with Gasteiger partial charge in [0.1, 0.15) is 12.4 Å². The minimum atomic E-state index is -0.620. The number of halogens is 2. The predicted molar refractivity (Wildman–Crippen MR) is 179 cm³/mol. The van der Waals surface area contributed by atoms with E-state index in [9.17, 15) is 9.59 Å². The number of rotatable bonds is 7. The first kappa shape index (κ1) is 29.7. The van der Waals surface area contributed by atoms with Gasteiger partial charge in [0.2, 0.25) is 0 Å². The SMILES string of the molecule is CCOC(=O)C1=C(C)N=c2s/c(=C/c3cc(I)c(OCc4cccc(C)c4)c(I)c3)c(=O)n2[C@H]1c1ccc(C)cc1. The van der Waals surface area contributed by atoms with Gasteiger partial charge < -0.3 is 9.47 Å². The minimum Gasteiger partial charge on any atom is -0.487 e. The van der Waals surface area contributed by atoms with E-state index in [1.54, 1.807) is 18.4 Å². The zero-order chi connectivity index (χ0) is 29.3. The van der Waals surface area contributed by atoms with Gasteiger partial charge in [0.25, 0.3) is 5.56 Å². The third-order valence-electron chi connectivity index (χ3n) is 6.69. The van der Waals surface area contributed by atoms with Crippen LogP contribution in [0.3, 0.4) is 0 Å². The molecule has 210 valence electrons. The molecule has 6 nitrogen and oxygen atoms in total. The molecule has 3 aromatic carbocycles. The minimum absolute atomic E-state index is 0.196. The van der Waals surface area contributed by atoms with Gasteiger partial charge in [-0.25, -0.2) is 9.79 Å². The Morgan fingerprint density at radius 1 is 1.02 bits per heavy atom. The molecule has 0 spiro atoms. The maximum atomic E-state index is 13.9. The van der Waals surface area contributed by atoms with Crippen LogP contribution in [0, 0.1) is 21.0 Å². The van der Waals surface area contributed by atoms with E-state index in [1.807, 2.05) is 55.5 Å². The molecule has 0 amide bonds. The van der Waals surface area contributed by atoms with Crippen LogP contribution in [0.2, 0.25) is 0 Å². The molecule has 0 fully saturated rings. The second kappa shape index (κ2) is 12.6. The molecule has 1 aliphatic rings. The highest BCUT2D eigenvalue weighted by Crippen LogP contribution is 2.32. The number of thiazole rings is 1. The van der Waals surface area contributed by atoms with E-state index in [2.05, 4.69) is 75.3 Å². The van der Waals surface area contributed by atoms with Gasteiger partial charge in [0.15, 0.2) is 4.80 Å². The highest BCUT2D eigenvalue weighted by molar-refractivity contribution is 14.1. The standard InChI is InChI=1S/C32H28I2N2O4S/c1-5-39-31(38)27-20(4)35-32-36(28(27)23-11-9-18(2)10-12-23)30(37)26(41-32)16-22-14-24(33)29(25(34)15-22)40-17-21-8-6-7-19(3)13-21/h6-16,28H,5,17H2,1-4H3/b26-16+/t28-/m0/s1. The zero-order valence-electron chi connectivity index (χ0n) is 23.0. The highest BCUT2D eigenvalue weighted by atomic mass is 127. The summed E-state index contributed by atoms with van der Waals surface area (Å²) in [5.74, 6) is 0.361. The Balaban J connectivity index is 1.55. The summed E-state index contributed by atoms with van der Waals surface area (Å²) in [7, 11) is 0. The lowest BCUT2D eigenvalue weighted by molar-refractivity contribution is -0.139. The average Bonchev–Trinajstić information content (AvgIpc) is 3.22. The molecular weight excluding hydrogens is 762 g/mol. The van der Waals surface area contributed by atoms with Crippen molar-refractivity contribution in [1.29, 1.82) is 0 Å². The van der Waals surface area contributed by atoms with Crippen LogP contribution in [0.5, 0.6) is 5.75 Å². The summed E-state index contributed by atoms with van der Waals surface area (Å²) in [4.78, 5) is 32.2. The van der Waals surface area contributed by atoms with E-state index in [0.29, 0.717) is 27.2 Å². The number of hydrogen-bond acceptors (Lipinski definition) is 6. The topological polar surface area (TPSA) is 69.9 Å². The smallest absolute Gasteiger partial charge is 0.338 e. The Morgan fingerprint density at radius 3 is 2.39 bits per heavy atom. The van der Waals surface area contributed by atoms with E-state index in [4.69, 9.17) is 9.47 Å². The van der Waals surface area contributed by atoms with Gasteiger partial charge in [0, 0.05) is 0 Å². The fraction of sp³-hybridized carbons (Fsp3) is 0.219. The molecule has 0 aliphatic carbocycles. The third kappa shape index (κ3) is 6.36. The fourth-order valence-corrected chi connectivity index (χ4v) is 7.94. The number of nitrogens with zero attached hydrogens (tertiary/aromatic N) is 2. The van der Waals surface area contributed by atoms with Gasteiger partial charge in [0.05, 0.1) is 35.6 Å². The normalized spacial score (nSPS) is 15.0. The number of aromatic nitrogens is 1. The van der Waals surface area contributed by atoms with Gasteiger partial charge in [-0.3, -0.25) is 9.36 Å². The van der Waals surface area contributed by atoms with E-state index >= 15 is 0 Å². The van der Waals surface area contributed by atoms with Crippen LogP contribution in [-0.2, 0) is 16.1 Å². The summed E-state index contributed by atoms with van der Waals surface area (Å²) < 4.78 is 15.6. The van der Waals surface area contributed by atoms with Crippen LogP contribution in [0.4, 0.5) is 0 Å². The van der Waals surface area contributed by atoms with Crippen molar-refractivity contribution in [1.82, 2.24) is 4.57 Å². The van der Waals surface area contributed by atoms with Crippen LogP contribution < -0.4 is 19.6 Å².